The Morgan fingerprint density at radius 2 is 1.63 bits per heavy atom. The van der Waals surface area contributed by atoms with Gasteiger partial charge in [-0.15, -0.1) is 0 Å². The van der Waals surface area contributed by atoms with Crippen molar-refractivity contribution in [3.8, 4) is 0 Å². The summed E-state index contributed by atoms with van der Waals surface area (Å²) in [5.74, 6) is 0. The molecule has 0 spiro atoms. The van der Waals surface area contributed by atoms with Gasteiger partial charge in [0.2, 0.25) is 0 Å². The summed E-state index contributed by atoms with van der Waals surface area (Å²) >= 11 is 0. The third-order valence-electron chi connectivity index (χ3n) is 2.57. The Labute approximate surface area is 118 Å². The van der Waals surface area contributed by atoms with Crippen molar-refractivity contribution in [1.29, 1.82) is 0 Å². The van der Waals surface area contributed by atoms with Crippen molar-refractivity contribution in [2.24, 2.45) is 0 Å². The van der Waals surface area contributed by atoms with Crippen LogP contribution in [0, 0.1) is 0 Å². The first-order chi connectivity index (χ1) is 9.17. The molecular formula is C15H30N3O+. The molecule has 1 rings (SSSR count). The van der Waals surface area contributed by atoms with Crippen LogP contribution in [0.25, 0.3) is 0 Å². The average molecular weight is 268 g/mol. The van der Waals surface area contributed by atoms with E-state index in [9.17, 15) is 4.79 Å². The van der Waals surface area contributed by atoms with Crippen molar-refractivity contribution in [2.45, 2.75) is 27.7 Å². The second-order valence-electron chi connectivity index (χ2n) is 3.70. The number of nitrogens with one attached hydrogen (secondary N) is 2. The van der Waals surface area contributed by atoms with E-state index in [1.54, 1.807) is 0 Å². The minimum absolute atomic E-state index is 0.660. The molecular weight excluding hydrogens is 238 g/mol. The molecule has 1 aromatic rings. The van der Waals surface area contributed by atoms with E-state index in [1.807, 2.05) is 45.2 Å². The Morgan fingerprint density at radius 3 is 1.89 bits per heavy atom. The smallest absolute Gasteiger partial charge is 0.174 e. The number of hydrogen-bond donors (Lipinski definition) is 3. The summed E-state index contributed by atoms with van der Waals surface area (Å²) in [6, 6.07) is 7.61. The molecule has 0 fully saturated rings. The summed E-state index contributed by atoms with van der Waals surface area (Å²) in [4.78, 5) is 11.3. The number of anilines is 2. The van der Waals surface area contributed by atoms with Crippen LogP contribution in [-0.2, 0) is 4.79 Å². The predicted octanol–water partition coefficient (Wildman–Crippen LogP) is 1.45. The Bertz CT molecular complexity index is 295. The molecule has 110 valence electrons. The summed E-state index contributed by atoms with van der Waals surface area (Å²) in [5.41, 5.74) is 7.34. The molecule has 0 saturated carbocycles. The molecule has 0 amide bonds. The lowest BCUT2D eigenvalue weighted by atomic mass is 10.3. The van der Waals surface area contributed by atoms with Crippen molar-refractivity contribution in [1.82, 2.24) is 0 Å². The van der Waals surface area contributed by atoms with Crippen molar-refractivity contribution in [2.75, 3.05) is 37.7 Å². The standard InChI is InChI=1S/C7H10N2.C6H13NO.C2H6/c1-9-7-4-2-6(8)3-5-7;1-3-7(4-2)5-6-8;1-2/h2-5,9H,8H2,1H3;6H,3-5H2,1-2H3;1-2H3/p+1. The molecule has 0 unspecified atom stereocenters. The van der Waals surface area contributed by atoms with Gasteiger partial charge in [0, 0.05) is 18.4 Å². The number of carbonyl (C=O) groups is 1. The zero-order valence-electron chi connectivity index (χ0n) is 13.0. The van der Waals surface area contributed by atoms with Gasteiger partial charge in [0.15, 0.2) is 6.29 Å². The number of nitrogens with two attached hydrogens (primary N) is 1. The van der Waals surface area contributed by atoms with Gasteiger partial charge in [0.05, 0.1) is 13.1 Å². The summed E-state index contributed by atoms with van der Waals surface area (Å²) in [6.45, 7) is 10.9. The number of hydrogen-bond acceptors (Lipinski definition) is 3. The van der Waals surface area contributed by atoms with Crippen molar-refractivity contribution in [3.05, 3.63) is 24.3 Å². The maximum absolute atomic E-state index is 9.91. The molecule has 0 aliphatic carbocycles. The van der Waals surface area contributed by atoms with Crippen LogP contribution in [0.1, 0.15) is 27.7 Å². The fourth-order valence-corrected chi connectivity index (χ4v) is 1.31. The monoisotopic (exact) mass is 268 g/mol. The number of quaternary nitrogens is 1. The summed E-state index contributed by atoms with van der Waals surface area (Å²) in [7, 11) is 1.88. The van der Waals surface area contributed by atoms with Gasteiger partial charge in [0.1, 0.15) is 6.54 Å². The van der Waals surface area contributed by atoms with E-state index in [1.165, 1.54) is 4.90 Å². The van der Waals surface area contributed by atoms with Gasteiger partial charge in [-0.2, -0.15) is 0 Å². The van der Waals surface area contributed by atoms with E-state index in [-0.39, 0.29) is 0 Å². The first kappa shape index (κ1) is 19.8. The normalized spacial score (nSPS) is 8.74. The molecule has 0 saturated heterocycles. The van der Waals surface area contributed by atoms with Crippen molar-refractivity contribution in [3.63, 3.8) is 0 Å². The van der Waals surface area contributed by atoms with Crippen LogP contribution in [-0.4, -0.2) is 33.0 Å². The summed E-state index contributed by atoms with van der Waals surface area (Å²) in [6.07, 6.45) is 0.975. The van der Waals surface area contributed by atoms with Crippen molar-refractivity contribution >= 4 is 17.7 Å². The van der Waals surface area contributed by atoms with Crippen LogP contribution in [0.5, 0.6) is 0 Å². The molecule has 4 nitrogen and oxygen atoms in total. The lowest BCUT2D eigenvalue weighted by Crippen LogP contribution is -3.11. The van der Waals surface area contributed by atoms with E-state index in [0.717, 1.165) is 30.8 Å². The highest BCUT2D eigenvalue weighted by molar-refractivity contribution is 5.50. The lowest BCUT2D eigenvalue weighted by Gasteiger charge is -2.09. The molecule has 4 heteroatoms. The van der Waals surface area contributed by atoms with Crippen LogP contribution in [0.2, 0.25) is 0 Å². The second kappa shape index (κ2) is 14.5. The highest BCUT2D eigenvalue weighted by Gasteiger charge is 1.96. The second-order valence-corrected chi connectivity index (χ2v) is 3.70. The minimum atomic E-state index is 0.660. The maximum atomic E-state index is 9.91. The van der Waals surface area contributed by atoms with Gasteiger partial charge in [-0.1, -0.05) is 13.8 Å². The van der Waals surface area contributed by atoms with Gasteiger partial charge in [0.25, 0.3) is 0 Å². The third-order valence-corrected chi connectivity index (χ3v) is 2.57. The van der Waals surface area contributed by atoms with E-state index in [4.69, 9.17) is 5.73 Å². The first-order valence-corrected chi connectivity index (χ1v) is 6.98. The fourth-order valence-electron chi connectivity index (χ4n) is 1.31. The summed E-state index contributed by atoms with van der Waals surface area (Å²) in [5, 5.41) is 3.00. The minimum Gasteiger partial charge on any atom is -0.399 e. The average Bonchev–Trinajstić information content (AvgIpc) is 2.48. The highest BCUT2D eigenvalue weighted by atomic mass is 16.1. The van der Waals surface area contributed by atoms with Gasteiger partial charge < -0.3 is 16.0 Å². The van der Waals surface area contributed by atoms with Crippen LogP contribution < -0.4 is 16.0 Å². The lowest BCUT2D eigenvalue weighted by molar-refractivity contribution is -0.887. The van der Waals surface area contributed by atoms with E-state index in [0.29, 0.717) is 6.54 Å². The Hall–Kier alpha value is -1.55. The Kier molecular flexibility index (Phi) is 15.1. The molecule has 0 bridgehead atoms. The number of likely N-dealkylation sites (N-methyl/N-ethyl adjacent to an activating group) is 1. The van der Waals surface area contributed by atoms with Crippen LogP contribution in [0.4, 0.5) is 11.4 Å². The Balaban J connectivity index is 0. The number of rotatable bonds is 5. The number of benzene rings is 1. The molecule has 1 aromatic carbocycles. The van der Waals surface area contributed by atoms with E-state index >= 15 is 0 Å². The number of aldehydes is 1. The topological polar surface area (TPSA) is 59.6 Å². The SMILES string of the molecule is CC.CC[NH+](CC)CC=O.CNc1ccc(N)cc1. The van der Waals surface area contributed by atoms with E-state index < -0.39 is 0 Å². The van der Waals surface area contributed by atoms with Crippen LogP contribution in [0.3, 0.4) is 0 Å². The largest absolute Gasteiger partial charge is 0.399 e. The fraction of sp³-hybridized carbons (Fsp3) is 0.533. The van der Waals surface area contributed by atoms with Gasteiger partial charge in [-0.3, -0.25) is 4.79 Å². The Morgan fingerprint density at radius 1 is 1.16 bits per heavy atom. The maximum Gasteiger partial charge on any atom is 0.174 e. The predicted molar refractivity (Wildman–Crippen MR) is 84.7 cm³/mol. The number of carbonyl (C=O) groups excluding carboxylic acids is 1. The summed E-state index contributed by atoms with van der Waals surface area (Å²) < 4.78 is 0. The van der Waals surface area contributed by atoms with Gasteiger partial charge in [-0.05, 0) is 38.1 Å². The molecule has 0 heterocycles. The molecule has 0 aliphatic heterocycles. The first-order valence-electron chi connectivity index (χ1n) is 6.98. The highest BCUT2D eigenvalue weighted by Crippen LogP contribution is 2.08. The van der Waals surface area contributed by atoms with Crippen LogP contribution in [0.15, 0.2) is 24.3 Å². The molecule has 0 radical (unpaired) electrons. The van der Waals surface area contributed by atoms with Crippen LogP contribution >= 0.6 is 0 Å². The quantitative estimate of drug-likeness (QED) is 0.559. The van der Waals surface area contributed by atoms with Gasteiger partial charge >= 0.3 is 0 Å². The molecule has 19 heavy (non-hydrogen) atoms. The molecule has 4 N–H and O–H groups in total. The van der Waals surface area contributed by atoms with E-state index in [2.05, 4.69) is 19.2 Å². The third kappa shape index (κ3) is 11.3. The van der Waals surface area contributed by atoms with Gasteiger partial charge in [-0.25, -0.2) is 0 Å². The molecule has 0 aliphatic rings. The number of nitrogen functional groups attached to an aromatic ring is 1. The molecule has 0 atom stereocenters. The zero-order valence-corrected chi connectivity index (χ0v) is 13.0. The van der Waals surface area contributed by atoms with Crippen molar-refractivity contribution < 1.29 is 9.69 Å². The molecule has 0 aromatic heterocycles. The zero-order chi connectivity index (χ0) is 15.1.